The van der Waals surface area contributed by atoms with Gasteiger partial charge in [0.15, 0.2) is 0 Å². The van der Waals surface area contributed by atoms with E-state index in [0.29, 0.717) is 23.0 Å². The Balaban J connectivity index is 2.36. The molecule has 21 heavy (non-hydrogen) atoms. The summed E-state index contributed by atoms with van der Waals surface area (Å²) in [5.41, 5.74) is 7.21. The van der Waals surface area contributed by atoms with Crippen molar-refractivity contribution in [3.8, 4) is 5.75 Å². The van der Waals surface area contributed by atoms with Crippen molar-refractivity contribution < 1.29 is 9.13 Å². The minimum absolute atomic E-state index is 0.253. The summed E-state index contributed by atoms with van der Waals surface area (Å²) in [5.74, 6) is 0.340. The van der Waals surface area contributed by atoms with Gasteiger partial charge in [0.05, 0.1) is 23.9 Å². The monoisotopic (exact) mass is 372 g/mol. The number of halogens is 3. The summed E-state index contributed by atoms with van der Waals surface area (Å²) < 4.78 is 19.6. The Morgan fingerprint density at radius 3 is 2.76 bits per heavy atom. The van der Waals surface area contributed by atoms with E-state index in [0.717, 1.165) is 10.0 Å². The van der Waals surface area contributed by atoms with Crippen LogP contribution in [-0.4, -0.2) is 13.7 Å². The summed E-state index contributed by atoms with van der Waals surface area (Å²) in [6, 6.07) is 9.54. The lowest BCUT2D eigenvalue weighted by Gasteiger charge is -2.22. The third-order valence-electron chi connectivity index (χ3n) is 3.06. The number of benzene rings is 2. The molecule has 0 aromatic heterocycles. The van der Waals surface area contributed by atoms with Gasteiger partial charge in [0.2, 0.25) is 0 Å². The Kier molecular flexibility index (Phi) is 5.45. The number of hydrogen-bond donors (Lipinski definition) is 2. The average Bonchev–Trinajstić information content (AvgIpc) is 2.48. The maximum Gasteiger partial charge on any atom is 0.125 e. The van der Waals surface area contributed by atoms with Gasteiger partial charge in [-0.15, -0.1) is 0 Å². The summed E-state index contributed by atoms with van der Waals surface area (Å²) in [6.45, 7) is 0.305. The summed E-state index contributed by atoms with van der Waals surface area (Å²) in [4.78, 5) is 0. The second-order valence-electron chi connectivity index (χ2n) is 4.44. The molecular formula is C15H15BrClFN2O. The molecule has 0 fully saturated rings. The molecule has 2 aromatic carbocycles. The number of anilines is 1. The van der Waals surface area contributed by atoms with Crippen LogP contribution in [0.25, 0.3) is 0 Å². The van der Waals surface area contributed by atoms with Crippen LogP contribution in [0.4, 0.5) is 10.1 Å². The van der Waals surface area contributed by atoms with Crippen molar-refractivity contribution in [2.75, 3.05) is 19.0 Å². The van der Waals surface area contributed by atoms with Crippen LogP contribution in [0.3, 0.4) is 0 Å². The van der Waals surface area contributed by atoms with Gasteiger partial charge in [0, 0.05) is 16.6 Å². The highest BCUT2D eigenvalue weighted by Crippen LogP contribution is 2.32. The first-order valence-corrected chi connectivity index (χ1v) is 7.47. The van der Waals surface area contributed by atoms with Crippen molar-refractivity contribution >= 4 is 33.2 Å². The van der Waals surface area contributed by atoms with E-state index < -0.39 is 0 Å². The molecule has 0 amide bonds. The summed E-state index contributed by atoms with van der Waals surface area (Å²) in [6.07, 6.45) is 0. The quantitative estimate of drug-likeness (QED) is 0.818. The lowest BCUT2D eigenvalue weighted by atomic mass is 10.1. The minimum atomic E-state index is -0.362. The highest BCUT2D eigenvalue weighted by Gasteiger charge is 2.16. The molecule has 0 heterocycles. The fourth-order valence-corrected chi connectivity index (χ4v) is 2.59. The van der Waals surface area contributed by atoms with E-state index in [1.165, 1.54) is 18.2 Å². The van der Waals surface area contributed by atoms with E-state index >= 15 is 0 Å². The predicted octanol–water partition coefficient (Wildman–Crippen LogP) is 4.36. The molecule has 3 N–H and O–H groups in total. The molecule has 0 bridgehead atoms. The summed E-state index contributed by atoms with van der Waals surface area (Å²) in [7, 11) is 1.59. The van der Waals surface area contributed by atoms with Crippen molar-refractivity contribution in [1.82, 2.24) is 0 Å². The van der Waals surface area contributed by atoms with Crippen molar-refractivity contribution in [3.05, 3.63) is 57.3 Å². The molecule has 0 radical (unpaired) electrons. The molecule has 0 spiro atoms. The van der Waals surface area contributed by atoms with Crippen LogP contribution in [0.15, 0.2) is 40.9 Å². The predicted molar refractivity (Wildman–Crippen MR) is 87.5 cm³/mol. The first-order valence-electron chi connectivity index (χ1n) is 6.30. The van der Waals surface area contributed by atoms with Gasteiger partial charge >= 0.3 is 0 Å². The summed E-state index contributed by atoms with van der Waals surface area (Å²) in [5, 5.41) is 3.59. The van der Waals surface area contributed by atoms with E-state index in [9.17, 15) is 4.39 Å². The second kappa shape index (κ2) is 7.11. The molecule has 0 aliphatic rings. The molecule has 2 rings (SSSR count). The van der Waals surface area contributed by atoms with E-state index in [4.69, 9.17) is 22.1 Å². The number of nitrogens with one attached hydrogen (secondary N) is 1. The lowest BCUT2D eigenvalue weighted by molar-refractivity contribution is 0.407. The van der Waals surface area contributed by atoms with Gasteiger partial charge in [-0.2, -0.15) is 0 Å². The van der Waals surface area contributed by atoms with E-state index in [-0.39, 0.29) is 11.9 Å². The first-order chi connectivity index (χ1) is 10.0. The first kappa shape index (κ1) is 16.1. The van der Waals surface area contributed by atoms with Crippen LogP contribution in [0, 0.1) is 5.82 Å². The zero-order chi connectivity index (χ0) is 15.4. The molecule has 0 saturated heterocycles. The van der Waals surface area contributed by atoms with Crippen LogP contribution in [-0.2, 0) is 0 Å². The Hall–Kier alpha value is -1.30. The third kappa shape index (κ3) is 3.87. The van der Waals surface area contributed by atoms with Gasteiger partial charge in [-0.3, -0.25) is 0 Å². The minimum Gasteiger partial charge on any atom is -0.496 e. The molecule has 112 valence electrons. The fraction of sp³-hybridized carbons (Fsp3) is 0.200. The number of methoxy groups -OCH3 is 1. The smallest absolute Gasteiger partial charge is 0.125 e. The van der Waals surface area contributed by atoms with Crippen LogP contribution in [0.5, 0.6) is 5.75 Å². The Labute approximate surface area is 136 Å². The van der Waals surface area contributed by atoms with Gasteiger partial charge < -0.3 is 15.8 Å². The standard InChI is InChI=1S/C15H15BrClFN2O/c1-21-15-5-2-9(16)6-11(15)14(8-19)20-13-7-10(18)3-4-12(13)17/h2-7,14,20H,8,19H2,1H3. The normalized spacial score (nSPS) is 12.0. The maximum atomic E-state index is 13.4. The lowest BCUT2D eigenvalue weighted by Crippen LogP contribution is -2.21. The topological polar surface area (TPSA) is 47.3 Å². The molecule has 3 nitrogen and oxygen atoms in total. The van der Waals surface area contributed by atoms with Crippen LogP contribution in [0.2, 0.25) is 5.02 Å². The third-order valence-corrected chi connectivity index (χ3v) is 3.88. The van der Waals surface area contributed by atoms with Crippen molar-refractivity contribution in [1.29, 1.82) is 0 Å². The molecule has 1 atom stereocenters. The van der Waals surface area contributed by atoms with Crippen molar-refractivity contribution in [2.24, 2.45) is 5.73 Å². The Morgan fingerprint density at radius 2 is 2.10 bits per heavy atom. The van der Waals surface area contributed by atoms with E-state index in [2.05, 4.69) is 21.2 Å². The largest absolute Gasteiger partial charge is 0.496 e. The Bertz CT molecular complexity index is 639. The number of hydrogen-bond acceptors (Lipinski definition) is 3. The van der Waals surface area contributed by atoms with Crippen LogP contribution < -0.4 is 15.8 Å². The Morgan fingerprint density at radius 1 is 1.33 bits per heavy atom. The molecule has 0 aliphatic heterocycles. The van der Waals surface area contributed by atoms with Crippen molar-refractivity contribution in [3.63, 3.8) is 0 Å². The van der Waals surface area contributed by atoms with Gasteiger partial charge in [-0.05, 0) is 36.4 Å². The average molecular weight is 374 g/mol. The molecule has 1 unspecified atom stereocenters. The second-order valence-corrected chi connectivity index (χ2v) is 5.77. The zero-order valence-electron chi connectivity index (χ0n) is 11.4. The van der Waals surface area contributed by atoms with Crippen molar-refractivity contribution in [2.45, 2.75) is 6.04 Å². The van der Waals surface area contributed by atoms with Gasteiger partial charge in [-0.25, -0.2) is 4.39 Å². The molecule has 6 heteroatoms. The van der Waals surface area contributed by atoms with Crippen LogP contribution in [0.1, 0.15) is 11.6 Å². The molecule has 2 aromatic rings. The summed E-state index contributed by atoms with van der Waals surface area (Å²) >= 11 is 9.50. The SMILES string of the molecule is COc1ccc(Br)cc1C(CN)Nc1cc(F)ccc1Cl. The highest BCUT2D eigenvalue weighted by atomic mass is 79.9. The van der Waals surface area contributed by atoms with E-state index in [1.807, 2.05) is 18.2 Å². The fourth-order valence-electron chi connectivity index (χ4n) is 2.04. The number of ether oxygens (including phenoxy) is 1. The molecule has 0 saturated carbocycles. The van der Waals surface area contributed by atoms with Gasteiger partial charge in [0.25, 0.3) is 0 Å². The van der Waals surface area contributed by atoms with Gasteiger partial charge in [0.1, 0.15) is 11.6 Å². The number of nitrogens with two attached hydrogens (primary N) is 1. The highest BCUT2D eigenvalue weighted by molar-refractivity contribution is 9.10. The maximum absolute atomic E-state index is 13.4. The van der Waals surface area contributed by atoms with E-state index in [1.54, 1.807) is 7.11 Å². The van der Waals surface area contributed by atoms with Crippen LogP contribution >= 0.6 is 27.5 Å². The van der Waals surface area contributed by atoms with Gasteiger partial charge in [-0.1, -0.05) is 27.5 Å². The number of rotatable bonds is 5. The molecule has 0 aliphatic carbocycles. The molecular weight excluding hydrogens is 359 g/mol. The zero-order valence-corrected chi connectivity index (χ0v) is 13.7.